The fraction of sp³-hybridized carbons (Fsp3) is 0.235. The second kappa shape index (κ2) is 5.93. The molecule has 1 atom stereocenters. The molecule has 4 nitrogen and oxygen atoms in total. The summed E-state index contributed by atoms with van der Waals surface area (Å²) < 4.78 is 4.92. The van der Waals surface area contributed by atoms with E-state index in [1.165, 1.54) is 6.20 Å². The van der Waals surface area contributed by atoms with Crippen molar-refractivity contribution in [3.8, 4) is 0 Å². The summed E-state index contributed by atoms with van der Waals surface area (Å²) in [7, 11) is 0. The van der Waals surface area contributed by atoms with Crippen molar-refractivity contribution in [3.63, 3.8) is 0 Å². The summed E-state index contributed by atoms with van der Waals surface area (Å²) >= 11 is 1.55. The average molecular weight is 313 g/mol. The maximum atomic E-state index is 12.6. The van der Waals surface area contributed by atoms with Crippen LogP contribution in [-0.2, 0) is 14.3 Å². The molecule has 5 heteroatoms. The van der Waals surface area contributed by atoms with E-state index >= 15 is 0 Å². The normalized spacial score (nSPS) is 20.5. The van der Waals surface area contributed by atoms with Gasteiger partial charge in [0.1, 0.15) is 10.6 Å². The van der Waals surface area contributed by atoms with Crippen LogP contribution in [0.1, 0.15) is 24.7 Å². The van der Waals surface area contributed by atoms with E-state index in [9.17, 15) is 9.59 Å². The van der Waals surface area contributed by atoms with Gasteiger partial charge < -0.3 is 4.74 Å². The lowest BCUT2D eigenvalue weighted by molar-refractivity contribution is -0.139. The summed E-state index contributed by atoms with van der Waals surface area (Å²) in [5, 5.41) is 0.748. The van der Waals surface area contributed by atoms with Crippen molar-refractivity contribution in [1.82, 2.24) is 0 Å². The topological polar surface area (TPSA) is 55.7 Å². The first kappa shape index (κ1) is 14.8. The monoisotopic (exact) mass is 313 g/mol. The molecule has 0 amide bonds. The third-order valence-corrected chi connectivity index (χ3v) is 5.01. The van der Waals surface area contributed by atoms with E-state index in [4.69, 9.17) is 4.74 Å². The molecule has 0 saturated carbocycles. The van der Waals surface area contributed by atoms with Gasteiger partial charge in [-0.3, -0.25) is 4.79 Å². The van der Waals surface area contributed by atoms with E-state index in [-0.39, 0.29) is 23.2 Å². The van der Waals surface area contributed by atoms with Crippen molar-refractivity contribution in [2.24, 2.45) is 4.99 Å². The number of hydrogen-bond acceptors (Lipinski definition) is 5. The first-order chi connectivity index (χ1) is 10.6. The number of carbonyl (C=O) groups excluding carboxylic acids is 2. The van der Waals surface area contributed by atoms with Crippen LogP contribution < -0.4 is 0 Å². The molecular formula is C17H15NO3S. The van der Waals surface area contributed by atoms with Crippen molar-refractivity contribution in [2.75, 3.05) is 6.61 Å². The summed E-state index contributed by atoms with van der Waals surface area (Å²) in [5.41, 5.74) is 2.62. The van der Waals surface area contributed by atoms with E-state index in [1.54, 1.807) is 18.7 Å². The van der Waals surface area contributed by atoms with Gasteiger partial charge in [-0.1, -0.05) is 42.1 Å². The number of hydrogen-bond donors (Lipinski definition) is 0. The minimum absolute atomic E-state index is 0.00858. The van der Waals surface area contributed by atoms with Crippen LogP contribution in [0.15, 0.2) is 58.2 Å². The van der Waals surface area contributed by atoms with Crippen molar-refractivity contribution in [2.45, 2.75) is 19.1 Å². The predicted octanol–water partition coefficient (Wildman–Crippen LogP) is 3.22. The number of fused-ring (bicyclic) bond motifs is 1. The van der Waals surface area contributed by atoms with Gasteiger partial charge in [0, 0.05) is 6.20 Å². The molecule has 0 N–H and O–H groups in total. The summed E-state index contributed by atoms with van der Waals surface area (Å²) in [5.74, 6) is -0.893. The summed E-state index contributed by atoms with van der Waals surface area (Å²) in [4.78, 5) is 28.7. The van der Waals surface area contributed by atoms with E-state index in [2.05, 4.69) is 4.99 Å². The molecular weight excluding hydrogens is 298 g/mol. The maximum Gasteiger partial charge on any atom is 0.343 e. The van der Waals surface area contributed by atoms with Crippen molar-refractivity contribution < 1.29 is 14.3 Å². The number of aliphatic imine (C=N–C) groups is 1. The third-order valence-electron chi connectivity index (χ3n) is 3.61. The van der Waals surface area contributed by atoms with E-state index < -0.39 is 5.97 Å². The van der Waals surface area contributed by atoms with Gasteiger partial charge in [-0.25, -0.2) is 9.79 Å². The number of esters is 1. The fourth-order valence-electron chi connectivity index (χ4n) is 2.55. The van der Waals surface area contributed by atoms with Crippen LogP contribution in [0.5, 0.6) is 0 Å². The number of ketones is 1. The van der Waals surface area contributed by atoms with E-state index in [1.807, 2.05) is 37.3 Å². The Labute approximate surface area is 133 Å². The van der Waals surface area contributed by atoms with Crippen molar-refractivity contribution in [1.29, 1.82) is 0 Å². The number of Topliss-reactive ketones (excluding diaryl/α,β-unsaturated/α-hetero) is 1. The number of nitrogens with zero attached hydrogens (tertiary/aromatic N) is 1. The molecule has 3 rings (SSSR count). The molecule has 1 aromatic carbocycles. The van der Waals surface area contributed by atoms with Crippen LogP contribution in [0.3, 0.4) is 0 Å². The Kier molecular flexibility index (Phi) is 3.98. The standard InChI is InChI=1S/C17H15NO3S/c1-3-21-17(20)12-9-18-16-13(14(12)19)10(2)15(22-16)11-7-5-4-6-8-11/h4-9,15H,3H2,1-2H3. The number of carbonyl (C=O) groups is 2. The lowest BCUT2D eigenvalue weighted by Gasteiger charge is -2.11. The van der Waals surface area contributed by atoms with Gasteiger partial charge >= 0.3 is 5.97 Å². The second-order valence-corrected chi connectivity index (χ2v) is 6.09. The third kappa shape index (κ3) is 2.41. The summed E-state index contributed by atoms with van der Waals surface area (Å²) in [6, 6.07) is 9.97. The molecule has 0 bridgehead atoms. The zero-order valence-electron chi connectivity index (χ0n) is 12.3. The summed E-state index contributed by atoms with van der Waals surface area (Å²) in [6.45, 7) is 3.87. The lowest BCUT2D eigenvalue weighted by atomic mass is 9.95. The first-order valence-electron chi connectivity index (χ1n) is 7.06. The Morgan fingerprint density at radius 3 is 2.73 bits per heavy atom. The van der Waals surface area contributed by atoms with Crippen LogP contribution in [-0.4, -0.2) is 23.4 Å². The number of ether oxygens (including phenoxy) is 1. The number of rotatable bonds is 3. The van der Waals surface area contributed by atoms with Gasteiger partial charge in [-0.2, -0.15) is 0 Å². The van der Waals surface area contributed by atoms with Crippen LogP contribution in [0.2, 0.25) is 0 Å². The van der Waals surface area contributed by atoms with Crippen molar-refractivity contribution >= 4 is 28.6 Å². The first-order valence-corrected chi connectivity index (χ1v) is 7.94. The Balaban J connectivity index is 1.96. The van der Waals surface area contributed by atoms with Gasteiger partial charge in [0.05, 0.1) is 17.4 Å². The van der Waals surface area contributed by atoms with Gasteiger partial charge in [0.15, 0.2) is 0 Å². The van der Waals surface area contributed by atoms with Gasteiger partial charge in [0.25, 0.3) is 0 Å². The molecule has 22 heavy (non-hydrogen) atoms. The Hall–Kier alpha value is -2.14. The summed E-state index contributed by atoms with van der Waals surface area (Å²) in [6.07, 6.45) is 1.33. The second-order valence-electron chi connectivity index (χ2n) is 4.99. The predicted molar refractivity (Wildman–Crippen MR) is 86.6 cm³/mol. The Bertz CT molecular complexity index is 732. The van der Waals surface area contributed by atoms with Gasteiger partial charge in [0.2, 0.25) is 5.78 Å². The fourth-order valence-corrected chi connectivity index (χ4v) is 3.84. The highest BCUT2D eigenvalue weighted by molar-refractivity contribution is 8.15. The highest BCUT2D eigenvalue weighted by Crippen LogP contribution is 2.47. The minimum Gasteiger partial charge on any atom is -0.462 e. The van der Waals surface area contributed by atoms with Crippen molar-refractivity contribution in [3.05, 3.63) is 58.8 Å². The van der Waals surface area contributed by atoms with Crippen LogP contribution in [0, 0.1) is 0 Å². The maximum absolute atomic E-state index is 12.6. The molecule has 0 saturated heterocycles. The largest absolute Gasteiger partial charge is 0.462 e. The molecule has 0 spiro atoms. The van der Waals surface area contributed by atoms with Crippen LogP contribution >= 0.6 is 11.8 Å². The van der Waals surface area contributed by atoms with E-state index in [0.29, 0.717) is 10.6 Å². The zero-order valence-corrected chi connectivity index (χ0v) is 13.1. The molecule has 1 aromatic rings. The SMILES string of the molecule is CCOC(=O)C1=CN=C2SC(c3ccccc3)C(C)=C2C1=O. The average Bonchev–Trinajstić information content (AvgIpc) is 2.86. The molecule has 112 valence electrons. The molecule has 2 aliphatic heterocycles. The highest BCUT2D eigenvalue weighted by Gasteiger charge is 2.38. The zero-order chi connectivity index (χ0) is 15.7. The smallest absolute Gasteiger partial charge is 0.343 e. The number of benzene rings is 1. The minimum atomic E-state index is -0.608. The molecule has 0 radical (unpaired) electrons. The molecule has 2 aliphatic rings. The van der Waals surface area contributed by atoms with Gasteiger partial charge in [-0.05, 0) is 25.0 Å². The molecule has 1 unspecified atom stereocenters. The quantitative estimate of drug-likeness (QED) is 0.635. The van der Waals surface area contributed by atoms with E-state index in [0.717, 1.165) is 11.1 Å². The molecule has 0 fully saturated rings. The van der Waals surface area contributed by atoms with Gasteiger partial charge in [-0.15, -0.1) is 0 Å². The molecule has 2 heterocycles. The molecule has 0 aromatic heterocycles. The Morgan fingerprint density at radius 2 is 2.05 bits per heavy atom. The Morgan fingerprint density at radius 1 is 1.32 bits per heavy atom. The lowest BCUT2D eigenvalue weighted by Crippen LogP contribution is -2.22. The van der Waals surface area contributed by atoms with Crippen LogP contribution in [0.4, 0.5) is 0 Å². The molecule has 0 aliphatic carbocycles. The highest BCUT2D eigenvalue weighted by atomic mass is 32.2. The van der Waals surface area contributed by atoms with Crippen LogP contribution in [0.25, 0.3) is 0 Å². The number of thioether (sulfide) groups is 1.